The molecule has 0 saturated heterocycles. The van der Waals surface area contributed by atoms with Gasteiger partial charge in [-0.3, -0.25) is 9.93 Å². The Morgan fingerprint density at radius 2 is 2.07 bits per heavy atom. The molecule has 0 aliphatic rings. The van der Waals surface area contributed by atoms with Gasteiger partial charge in [-0.15, -0.1) is 11.3 Å². The fourth-order valence-electron chi connectivity index (χ4n) is 2.45. The van der Waals surface area contributed by atoms with Gasteiger partial charge in [0.05, 0.1) is 21.8 Å². The molecule has 1 aromatic carbocycles. The van der Waals surface area contributed by atoms with Crippen molar-refractivity contribution in [2.24, 2.45) is 5.14 Å². The van der Waals surface area contributed by atoms with Crippen LogP contribution in [0.15, 0.2) is 52.9 Å². The number of carbonyl (C=O) groups is 1. The molecule has 3 aromatic rings. The topological polar surface area (TPSA) is 119 Å². The summed E-state index contributed by atoms with van der Waals surface area (Å²) >= 11 is 1.58. The summed E-state index contributed by atoms with van der Waals surface area (Å²) in [5.74, 6) is 4.14. The van der Waals surface area contributed by atoms with Crippen molar-refractivity contribution in [1.29, 1.82) is 0 Å². The highest BCUT2D eigenvalue weighted by atomic mass is 32.2. The summed E-state index contributed by atoms with van der Waals surface area (Å²) in [7, 11) is -2.75. The van der Waals surface area contributed by atoms with Gasteiger partial charge in [0.2, 0.25) is 5.95 Å². The highest BCUT2D eigenvalue weighted by Crippen LogP contribution is 2.30. The normalized spacial score (nSPS) is 12.8. The molecule has 0 spiro atoms. The number of rotatable bonds is 8. The molecule has 0 fully saturated rings. The van der Waals surface area contributed by atoms with Crippen LogP contribution in [0.4, 0.5) is 17.5 Å². The maximum absolute atomic E-state index is 11.8. The van der Waals surface area contributed by atoms with Gasteiger partial charge >= 0.3 is 5.97 Å². The van der Waals surface area contributed by atoms with Crippen LogP contribution in [0.5, 0.6) is 0 Å². The van der Waals surface area contributed by atoms with Gasteiger partial charge in [-0.05, 0) is 41.6 Å². The summed E-state index contributed by atoms with van der Waals surface area (Å²) in [5.41, 5.74) is 1.57. The molecule has 0 bridgehead atoms. The first-order valence-electron chi connectivity index (χ1n) is 8.63. The quantitative estimate of drug-likeness (QED) is 0.285. The molecule has 2 heterocycles. The molecule has 0 amide bonds. The second-order valence-electron chi connectivity index (χ2n) is 6.08. The van der Waals surface area contributed by atoms with E-state index < -0.39 is 9.71 Å². The van der Waals surface area contributed by atoms with Crippen molar-refractivity contribution in [2.75, 3.05) is 23.8 Å². The average Bonchev–Trinajstić information content (AvgIpc) is 3.19. The second-order valence-corrected chi connectivity index (χ2v) is 8.95. The van der Waals surface area contributed by atoms with E-state index in [1.54, 1.807) is 41.8 Å². The van der Waals surface area contributed by atoms with Crippen LogP contribution < -0.4 is 15.8 Å². The van der Waals surface area contributed by atoms with Crippen LogP contribution in [0, 0.1) is 0 Å². The monoisotopic (exact) mass is 431 g/mol. The smallest absolute Gasteiger partial charge is 0.302 e. The van der Waals surface area contributed by atoms with E-state index in [0.29, 0.717) is 28.9 Å². The number of benzene rings is 1. The number of ether oxygens (including phenoxy) is 1. The average molecular weight is 432 g/mol. The molecule has 0 saturated carbocycles. The minimum atomic E-state index is -2.75. The molecule has 0 aliphatic heterocycles. The van der Waals surface area contributed by atoms with Crippen molar-refractivity contribution in [3.63, 3.8) is 0 Å². The Morgan fingerprint density at radius 3 is 2.69 bits per heavy atom. The summed E-state index contributed by atoms with van der Waals surface area (Å²) in [4.78, 5) is 21.4. The highest BCUT2D eigenvalue weighted by Gasteiger charge is 2.11. The molecular weight excluding hydrogens is 410 g/mol. The molecule has 8 nitrogen and oxygen atoms in total. The Morgan fingerprint density at radius 1 is 1.31 bits per heavy atom. The molecule has 2 aromatic heterocycles. The van der Waals surface area contributed by atoms with E-state index in [-0.39, 0.29) is 12.6 Å². The van der Waals surface area contributed by atoms with E-state index in [0.717, 1.165) is 10.4 Å². The molecule has 29 heavy (non-hydrogen) atoms. The van der Waals surface area contributed by atoms with Crippen molar-refractivity contribution >= 4 is 50.3 Å². The summed E-state index contributed by atoms with van der Waals surface area (Å²) in [6.45, 7) is 2.01. The summed E-state index contributed by atoms with van der Waals surface area (Å²) in [6, 6.07) is 10.7. The lowest BCUT2D eigenvalue weighted by molar-refractivity contribution is -0.140. The number of aromatic nitrogens is 2. The minimum absolute atomic E-state index is 0.233. The predicted molar refractivity (Wildman–Crippen MR) is 118 cm³/mol. The van der Waals surface area contributed by atoms with Crippen molar-refractivity contribution < 1.29 is 13.7 Å². The zero-order valence-electron chi connectivity index (χ0n) is 15.8. The number of nitrogens with zero attached hydrogens (tertiary/aromatic N) is 2. The molecule has 4 N–H and O–H groups in total. The third kappa shape index (κ3) is 5.76. The molecule has 10 heteroatoms. The first kappa shape index (κ1) is 20.8. The van der Waals surface area contributed by atoms with Gasteiger partial charge in [-0.25, -0.2) is 9.19 Å². The largest absolute Gasteiger partial charge is 0.464 e. The Labute approximate surface area is 173 Å². The molecule has 3 rings (SSSR count). The molecule has 0 radical (unpaired) electrons. The van der Waals surface area contributed by atoms with E-state index in [9.17, 15) is 9.00 Å². The standard InChI is InChI=1S/C19H21N5O3S2/c1-13(25)27-10-9-21-18-16(17-4-3-11-28-17)12-22-19(24-18)23-14-5-7-15(8-6-14)29(2,20)26/h3-8,11-12H,2,9-10H2,1H3,(H2,20,26)(H2,21,22,23,24). The SMILES string of the molecule is C=S(N)(=O)c1ccc(Nc2ncc(-c3cccs3)c(NCCOC(C)=O)n2)cc1. The lowest BCUT2D eigenvalue weighted by Crippen LogP contribution is -2.14. The number of nitrogens with two attached hydrogens (primary N) is 1. The van der Waals surface area contributed by atoms with Crippen LogP contribution >= 0.6 is 11.3 Å². The zero-order chi connectivity index (χ0) is 20.9. The fraction of sp³-hybridized carbons (Fsp3) is 0.158. The number of anilines is 3. The van der Waals surface area contributed by atoms with Gasteiger partial charge in [0, 0.05) is 28.6 Å². The third-order valence-corrected chi connectivity index (χ3v) is 5.76. The highest BCUT2D eigenvalue weighted by molar-refractivity contribution is 7.98. The van der Waals surface area contributed by atoms with E-state index in [1.165, 1.54) is 6.92 Å². The molecular formula is C19H21N5O3S2. The molecule has 152 valence electrons. The van der Waals surface area contributed by atoms with Gasteiger partial charge in [0.15, 0.2) is 0 Å². The molecule has 1 unspecified atom stereocenters. The Hall–Kier alpha value is -2.95. The molecule has 1 atom stereocenters. The zero-order valence-corrected chi connectivity index (χ0v) is 17.4. The van der Waals surface area contributed by atoms with Crippen molar-refractivity contribution in [1.82, 2.24) is 9.97 Å². The van der Waals surface area contributed by atoms with Crippen LogP contribution in [0.2, 0.25) is 0 Å². The van der Waals surface area contributed by atoms with Crippen molar-refractivity contribution in [3.8, 4) is 10.4 Å². The summed E-state index contributed by atoms with van der Waals surface area (Å²) in [5, 5.41) is 13.8. The van der Waals surface area contributed by atoms with Crippen LogP contribution in [-0.2, 0) is 19.2 Å². The third-order valence-electron chi connectivity index (χ3n) is 3.78. The van der Waals surface area contributed by atoms with Gasteiger partial charge in [-0.1, -0.05) is 6.07 Å². The minimum Gasteiger partial charge on any atom is -0.464 e. The lowest BCUT2D eigenvalue weighted by Gasteiger charge is -2.12. The number of nitrogens with one attached hydrogen (secondary N) is 2. The Bertz CT molecular complexity index is 1080. The molecule has 0 aliphatic carbocycles. The predicted octanol–water partition coefficient (Wildman–Crippen LogP) is 2.87. The second kappa shape index (κ2) is 9.03. The number of hydrogen-bond acceptors (Lipinski definition) is 8. The maximum Gasteiger partial charge on any atom is 0.302 e. The summed E-state index contributed by atoms with van der Waals surface area (Å²) < 4.78 is 16.8. The van der Waals surface area contributed by atoms with Crippen LogP contribution in [0.25, 0.3) is 10.4 Å². The van der Waals surface area contributed by atoms with Gasteiger partial charge in [0.1, 0.15) is 12.4 Å². The first-order valence-corrected chi connectivity index (χ1v) is 11.3. The van der Waals surface area contributed by atoms with E-state index in [1.807, 2.05) is 17.5 Å². The number of hydrogen-bond donors (Lipinski definition) is 3. The van der Waals surface area contributed by atoms with E-state index in [4.69, 9.17) is 9.88 Å². The van der Waals surface area contributed by atoms with E-state index >= 15 is 0 Å². The Balaban J connectivity index is 1.80. The van der Waals surface area contributed by atoms with Gasteiger partial charge in [-0.2, -0.15) is 4.98 Å². The van der Waals surface area contributed by atoms with Crippen LogP contribution in [0.3, 0.4) is 0 Å². The Kier molecular flexibility index (Phi) is 6.47. The van der Waals surface area contributed by atoms with Crippen LogP contribution in [-0.4, -0.2) is 39.2 Å². The number of thiophene rings is 1. The van der Waals surface area contributed by atoms with Crippen molar-refractivity contribution in [2.45, 2.75) is 11.8 Å². The van der Waals surface area contributed by atoms with Gasteiger partial charge < -0.3 is 15.4 Å². The number of carbonyl (C=O) groups excluding carboxylic acids is 1. The van der Waals surface area contributed by atoms with Crippen LogP contribution in [0.1, 0.15) is 6.92 Å². The summed E-state index contributed by atoms with van der Waals surface area (Å²) in [6.07, 6.45) is 1.73. The van der Waals surface area contributed by atoms with Crippen molar-refractivity contribution in [3.05, 3.63) is 48.0 Å². The number of esters is 1. The lowest BCUT2D eigenvalue weighted by atomic mass is 10.2. The first-order chi connectivity index (χ1) is 13.8. The fourth-order valence-corrected chi connectivity index (χ4v) is 3.78. The maximum atomic E-state index is 11.8. The van der Waals surface area contributed by atoms with E-state index in [2.05, 4.69) is 26.5 Å². The van der Waals surface area contributed by atoms with Gasteiger partial charge in [0.25, 0.3) is 0 Å².